The quantitative estimate of drug-likeness (QED) is 0.737. The summed E-state index contributed by atoms with van der Waals surface area (Å²) < 4.78 is 0. The van der Waals surface area contributed by atoms with E-state index in [1.165, 1.54) is 18.4 Å². The SMILES string of the molecule is Cc1cc(C)c(O)c(N2CCCC2)c1. The predicted octanol–water partition coefficient (Wildman–Crippen LogP) is 2.61. The predicted molar refractivity (Wildman–Crippen MR) is 59.0 cm³/mol. The van der Waals surface area contributed by atoms with Gasteiger partial charge in [-0.15, -0.1) is 0 Å². The summed E-state index contributed by atoms with van der Waals surface area (Å²) in [4.78, 5) is 2.27. The molecule has 76 valence electrons. The third-order valence-electron chi connectivity index (χ3n) is 2.87. The number of aromatic hydroxyl groups is 1. The fraction of sp³-hybridized carbons (Fsp3) is 0.500. The Hall–Kier alpha value is -1.18. The monoisotopic (exact) mass is 191 g/mol. The van der Waals surface area contributed by atoms with E-state index in [-0.39, 0.29) is 0 Å². The van der Waals surface area contributed by atoms with Crippen molar-refractivity contribution in [2.45, 2.75) is 26.7 Å². The number of benzene rings is 1. The van der Waals surface area contributed by atoms with E-state index in [1.54, 1.807) is 0 Å². The van der Waals surface area contributed by atoms with E-state index in [0.717, 1.165) is 24.3 Å². The van der Waals surface area contributed by atoms with Gasteiger partial charge in [0.05, 0.1) is 5.69 Å². The zero-order chi connectivity index (χ0) is 10.1. The van der Waals surface area contributed by atoms with Crippen molar-refractivity contribution >= 4 is 5.69 Å². The van der Waals surface area contributed by atoms with Crippen molar-refractivity contribution in [1.82, 2.24) is 0 Å². The molecule has 1 aliphatic rings. The zero-order valence-corrected chi connectivity index (χ0v) is 8.88. The first-order chi connectivity index (χ1) is 6.68. The van der Waals surface area contributed by atoms with Gasteiger partial charge >= 0.3 is 0 Å². The second-order valence-corrected chi connectivity index (χ2v) is 4.14. The van der Waals surface area contributed by atoms with Crippen molar-refractivity contribution < 1.29 is 5.11 Å². The molecule has 1 N–H and O–H groups in total. The molecule has 0 bridgehead atoms. The molecule has 2 nitrogen and oxygen atoms in total. The van der Waals surface area contributed by atoms with Gasteiger partial charge in [0.25, 0.3) is 0 Å². The van der Waals surface area contributed by atoms with E-state index in [1.807, 2.05) is 13.0 Å². The van der Waals surface area contributed by atoms with Crippen LogP contribution in [0, 0.1) is 13.8 Å². The molecule has 1 aliphatic heterocycles. The van der Waals surface area contributed by atoms with Gasteiger partial charge < -0.3 is 10.0 Å². The molecule has 0 aliphatic carbocycles. The first kappa shape index (κ1) is 9.38. The third-order valence-corrected chi connectivity index (χ3v) is 2.87. The summed E-state index contributed by atoms with van der Waals surface area (Å²) in [5.74, 6) is 0.456. The molecule has 1 heterocycles. The van der Waals surface area contributed by atoms with Crippen LogP contribution in [0.25, 0.3) is 0 Å². The highest BCUT2D eigenvalue weighted by Gasteiger charge is 2.16. The molecule has 0 spiro atoms. The van der Waals surface area contributed by atoms with Gasteiger partial charge in [0.2, 0.25) is 0 Å². The lowest BCUT2D eigenvalue weighted by Gasteiger charge is -2.20. The third kappa shape index (κ3) is 1.57. The van der Waals surface area contributed by atoms with Gasteiger partial charge in [-0.2, -0.15) is 0 Å². The molecule has 1 aromatic rings. The van der Waals surface area contributed by atoms with Crippen molar-refractivity contribution in [3.8, 4) is 5.75 Å². The van der Waals surface area contributed by atoms with Crippen molar-refractivity contribution in [3.05, 3.63) is 23.3 Å². The molecule has 14 heavy (non-hydrogen) atoms. The lowest BCUT2D eigenvalue weighted by Crippen LogP contribution is -2.17. The van der Waals surface area contributed by atoms with Crippen molar-refractivity contribution in [3.63, 3.8) is 0 Å². The van der Waals surface area contributed by atoms with Crippen LogP contribution in [-0.4, -0.2) is 18.2 Å². The van der Waals surface area contributed by atoms with Crippen molar-refractivity contribution in [2.24, 2.45) is 0 Å². The molecular weight excluding hydrogens is 174 g/mol. The second kappa shape index (κ2) is 3.52. The average Bonchev–Trinajstić information content (AvgIpc) is 2.63. The molecule has 1 aromatic carbocycles. The summed E-state index contributed by atoms with van der Waals surface area (Å²) in [5, 5.41) is 9.94. The lowest BCUT2D eigenvalue weighted by atomic mass is 10.1. The molecule has 1 saturated heterocycles. The summed E-state index contributed by atoms with van der Waals surface area (Å²) in [6.45, 7) is 6.20. The zero-order valence-electron chi connectivity index (χ0n) is 8.88. The molecule has 2 heteroatoms. The normalized spacial score (nSPS) is 16.3. The maximum Gasteiger partial charge on any atom is 0.141 e. The number of aryl methyl sites for hydroxylation is 2. The summed E-state index contributed by atoms with van der Waals surface area (Å²) in [5.41, 5.74) is 3.22. The molecule has 0 aromatic heterocycles. The van der Waals surface area contributed by atoms with Crippen LogP contribution in [0.5, 0.6) is 5.75 Å². The van der Waals surface area contributed by atoms with Crippen molar-refractivity contribution in [2.75, 3.05) is 18.0 Å². The Bertz CT molecular complexity index is 340. The van der Waals surface area contributed by atoms with Crippen LogP contribution in [0.1, 0.15) is 24.0 Å². The van der Waals surface area contributed by atoms with Crippen LogP contribution in [0.3, 0.4) is 0 Å². The Kier molecular flexibility index (Phi) is 2.36. The van der Waals surface area contributed by atoms with Crippen LogP contribution in [0.2, 0.25) is 0 Å². The first-order valence-corrected chi connectivity index (χ1v) is 5.23. The number of nitrogens with zero attached hydrogens (tertiary/aromatic N) is 1. The molecule has 0 unspecified atom stereocenters. The Morgan fingerprint density at radius 2 is 1.79 bits per heavy atom. The molecule has 2 rings (SSSR count). The molecular formula is C12H17NO. The van der Waals surface area contributed by atoms with Crippen LogP contribution in [-0.2, 0) is 0 Å². The van der Waals surface area contributed by atoms with Gasteiger partial charge in [0.15, 0.2) is 0 Å². The van der Waals surface area contributed by atoms with Crippen LogP contribution < -0.4 is 4.90 Å². The highest BCUT2D eigenvalue weighted by Crippen LogP contribution is 2.33. The molecule has 0 atom stereocenters. The topological polar surface area (TPSA) is 23.5 Å². The molecule has 0 saturated carbocycles. The van der Waals surface area contributed by atoms with E-state index in [2.05, 4.69) is 17.9 Å². The van der Waals surface area contributed by atoms with E-state index in [0.29, 0.717) is 5.75 Å². The van der Waals surface area contributed by atoms with Crippen molar-refractivity contribution in [1.29, 1.82) is 0 Å². The number of phenols is 1. The minimum atomic E-state index is 0.456. The number of anilines is 1. The Morgan fingerprint density at radius 1 is 1.14 bits per heavy atom. The number of rotatable bonds is 1. The van der Waals surface area contributed by atoms with E-state index < -0.39 is 0 Å². The largest absolute Gasteiger partial charge is 0.505 e. The Labute approximate surface area is 85.2 Å². The summed E-state index contributed by atoms with van der Waals surface area (Å²) in [7, 11) is 0. The molecule has 1 fully saturated rings. The summed E-state index contributed by atoms with van der Waals surface area (Å²) in [6, 6.07) is 4.10. The molecule has 0 amide bonds. The summed E-state index contributed by atoms with van der Waals surface area (Å²) in [6.07, 6.45) is 2.48. The van der Waals surface area contributed by atoms with Gasteiger partial charge in [-0.3, -0.25) is 0 Å². The Morgan fingerprint density at radius 3 is 2.43 bits per heavy atom. The fourth-order valence-corrected chi connectivity index (χ4v) is 2.14. The van der Waals surface area contributed by atoms with Gasteiger partial charge in [-0.1, -0.05) is 6.07 Å². The second-order valence-electron chi connectivity index (χ2n) is 4.14. The van der Waals surface area contributed by atoms with Gasteiger partial charge in [-0.05, 0) is 43.9 Å². The smallest absolute Gasteiger partial charge is 0.141 e. The summed E-state index contributed by atoms with van der Waals surface area (Å²) >= 11 is 0. The minimum Gasteiger partial charge on any atom is -0.505 e. The lowest BCUT2D eigenvalue weighted by molar-refractivity contribution is 0.470. The highest BCUT2D eigenvalue weighted by atomic mass is 16.3. The number of phenolic OH excluding ortho intramolecular Hbond substituents is 1. The standard InChI is InChI=1S/C12H17NO/c1-9-7-10(2)12(14)11(8-9)13-5-3-4-6-13/h7-8,14H,3-6H2,1-2H3. The van der Waals surface area contributed by atoms with Crippen LogP contribution in [0.4, 0.5) is 5.69 Å². The highest BCUT2D eigenvalue weighted by molar-refractivity contribution is 5.62. The van der Waals surface area contributed by atoms with Gasteiger partial charge in [0.1, 0.15) is 5.75 Å². The minimum absolute atomic E-state index is 0.456. The van der Waals surface area contributed by atoms with Gasteiger partial charge in [0, 0.05) is 13.1 Å². The van der Waals surface area contributed by atoms with E-state index in [4.69, 9.17) is 0 Å². The number of hydrogen-bond donors (Lipinski definition) is 1. The van der Waals surface area contributed by atoms with Gasteiger partial charge in [-0.25, -0.2) is 0 Å². The Balaban J connectivity index is 2.40. The number of hydrogen-bond acceptors (Lipinski definition) is 2. The molecule has 0 radical (unpaired) electrons. The average molecular weight is 191 g/mol. The maximum atomic E-state index is 9.94. The fourth-order valence-electron chi connectivity index (χ4n) is 2.14. The van der Waals surface area contributed by atoms with Crippen LogP contribution in [0.15, 0.2) is 12.1 Å². The van der Waals surface area contributed by atoms with E-state index >= 15 is 0 Å². The maximum absolute atomic E-state index is 9.94. The first-order valence-electron chi connectivity index (χ1n) is 5.23. The van der Waals surface area contributed by atoms with Crippen LogP contribution >= 0.6 is 0 Å². The van der Waals surface area contributed by atoms with E-state index in [9.17, 15) is 5.11 Å².